The Morgan fingerprint density at radius 1 is 1.21 bits per heavy atom. The van der Waals surface area contributed by atoms with Gasteiger partial charge in [-0.2, -0.15) is 0 Å². The van der Waals surface area contributed by atoms with Gasteiger partial charge >= 0.3 is 0 Å². The second-order valence-electron chi connectivity index (χ2n) is 4.55. The summed E-state index contributed by atoms with van der Waals surface area (Å²) >= 11 is 6.00. The standard InChI is InChI=1S/C15H17ClN2O/c1-11-15(18(2)3)13(9-14(16)17-11)19-10-12-7-5-4-6-8-12/h4-9H,10H2,1-3H3. The van der Waals surface area contributed by atoms with Crippen molar-refractivity contribution in [3.8, 4) is 5.75 Å². The molecule has 0 aliphatic heterocycles. The van der Waals surface area contributed by atoms with Gasteiger partial charge in [-0.15, -0.1) is 0 Å². The molecule has 0 saturated carbocycles. The summed E-state index contributed by atoms with van der Waals surface area (Å²) in [5.41, 5.74) is 2.94. The molecule has 0 atom stereocenters. The molecule has 0 bridgehead atoms. The largest absolute Gasteiger partial charge is 0.487 e. The molecule has 1 heterocycles. The summed E-state index contributed by atoms with van der Waals surface area (Å²) < 4.78 is 5.88. The summed E-state index contributed by atoms with van der Waals surface area (Å²) in [6.45, 7) is 2.44. The highest BCUT2D eigenvalue weighted by Gasteiger charge is 2.12. The molecule has 0 spiro atoms. The molecule has 2 rings (SSSR count). The van der Waals surface area contributed by atoms with Crippen molar-refractivity contribution in [1.29, 1.82) is 0 Å². The Morgan fingerprint density at radius 3 is 2.53 bits per heavy atom. The minimum Gasteiger partial charge on any atom is -0.487 e. The molecular formula is C15H17ClN2O. The van der Waals surface area contributed by atoms with E-state index in [1.807, 2.05) is 56.3 Å². The lowest BCUT2D eigenvalue weighted by atomic mass is 10.2. The van der Waals surface area contributed by atoms with Crippen molar-refractivity contribution in [2.45, 2.75) is 13.5 Å². The fraction of sp³-hybridized carbons (Fsp3) is 0.267. The number of aromatic nitrogens is 1. The quantitative estimate of drug-likeness (QED) is 0.797. The summed E-state index contributed by atoms with van der Waals surface area (Å²) in [4.78, 5) is 6.24. The number of ether oxygens (including phenoxy) is 1. The van der Waals surface area contributed by atoms with Gasteiger partial charge < -0.3 is 9.64 Å². The lowest BCUT2D eigenvalue weighted by Gasteiger charge is -2.20. The summed E-state index contributed by atoms with van der Waals surface area (Å²) in [6, 6.07) is 11.8. The molecule has 0 fully saturated rings. The Kier molecular flexibility index (Phi) is 4.27. The number of halogens is 1. The molecule has 1 aromatic carbocycles. The summed E-state index contributed by atoms with van der Waals surface area (Å²) in [7, 11) is 3.93. The molecule has 4 heteroatoms. The van der Waals surface area contributed by atoms with E-state index < -0.39 is 0 Å². The van der Waals surface area contributed by atoms with Crippen LogP contribution < -0.4 is 9.64 Å². The van der Waals surface area contributed by atoms with E-state index >= 15 is 0 Å². The van der Waals surface area contributed by atoms with Crippen LogP contribution >= 0.6 is 11.6 Å². The third kappa shape index (κ3) is 3.38. The molecule has 0 amide bonds. The van der Waals surface area contributed by atoms with E-state index in [4.69, 9.17) is 16.3 Å². The fourth-order valence-electron chi connectivity index (χ4n) is 1.99. The second kappa shape index (κ2) is 5.93. The van der Waals surface area contributed by atoms with Crippen LogP contribution in [0.25, 0.3) is 0 Å². The van der Waals surface area contributed by atoms with E-state index in [0.717, 1.165) is 22.7 Å². The van der Waals surface area contributed by atoms with Crippen LogP contribution in [0.15, 0.2) is 36.4 Å². The second-order valence-corrected chi connectivity index (χ2v) is 4.93. The SMILES string of the molecule is Cc1nc(Cl)cc(OCc2ccccc2)c1N(C)C. The van der Waals surface area contributed by atoms with Gasteiger partial charge in [0.05, 0.1) is 5.69 Å². The Labute approximate surface area is 118 Å². The average Bonchev–Trinajstić information content (AvgIpc) is 2.36. The van der Waals surface area contributed by atoms with Gasteiger partial charge in [0.2, 0.25) is 0 Å². The van der Waals surface area contributed by atoms with E-state index in [-0.39, 0.29) is 0 Å². The lowest BCUT2D eigenvalue weighted by molar-refractivity contribution is 0.306. The Balaban J connectivity index is 2.24. The van der Waals surface area contributed by atoms with Gasteiger partial charge in [0.25, 0.3) is 0 Å². The molecule has 0 radical (unpaired) electrons. The summed E-state index contributed by atoms with van der Waals surface area (Å²) in [5, 5.41) is 0.450. The zero-order valence-corrected chi connectivity index (χ0v) is 12.1. The molecule has 1 aromatic heterocycles. The van der Waals surface area contributed by atoms with Crippen molar-refractivity contribution in [3.05, 3.63) is 52.8 Å². The highest BCUT2D eigenvalue weighted by atomic mass is 35.5. The van der Waals surface area contributed by atoms with Crippen LogP contribution in [0, 0.1) is 6.92 Å². The molecule has 0 N–H and O–H groups in total. The highest BCUT2D eigenvalue weighted by Crippen LogP contribution is 2.32. The van der Waals surface area contributed by atoms with Crippen LogP contribution in [0.2, 0.25) is 5.15 Å². The van der Waals surface area contributed by atoms with Gasteiger partial charge in [-0.25, -0.2) is 4.98 Å². The molecular weight excluding hydrogens is 260 g/mol. The summed E-state index contributed by atoms with van der Waals surface area (Å²) in [6.07, 6.45) is 0. The smallest absolute Gasteiger partial charge is 0.148 e. The number of pyridine rings is 1. The van der Waals surface area contributed by atoms with E-state index in [1.165, 1.54) is 0 Å². The van der Waals surface area contributed by atoms with Gasteiger partial charge in [0.1, 0.15) is 23.2 Å². The normalized spacial score (nSPS) is 10.3. The van der Waals surface area contributed by atoms with Crippen molar-refractivity contribution >= 4 is 17.3 Å². The van der Waals surface area contributed by atoms with E-state index in [2.05, 4.69) is 4.98 Å². The third-order valence-electron chi connectivity index (χ3n) is 2.79. The predicted molar refractivity (Wildman–Crippen MR) is 79.1 cm³/mol. The maximum atomic E-state index is 6.00. The first-order chi connectivity index (χ1) is 9.08. The number of hydrogen-bond donors (Lipinski definition) is 0. The van der Waals surface area contributed by atoms with Gasteiger partial charge in [-0.3, -0.25) is 0 Å². The highest BCUT2D eigenvalue weighted by molar-refractivity contribution is 6.29. The van der Waals surface area contributed by atoms with E-state index in [0.29, 0.717) is 11.8 Å². The van der Waals surface area contributed by atoms with E-state index in [9.17, 15) is 0 Å². The van der Waals surface area contributed by atoms with Crippen molar-refractivity contribution in [3.63, 3.8) is 0 Å². The molecule has 0 unspecified atom stereocenters. The van der Waals surface area contributed by atoms with Gasteiger partial charge in [-0.1, -0.05) is 41.9 Å². The number of nitrogens with zero attached hydrogens (tertiary/aromatic N) is 2. The number of rotatable bonds is 4. The maximum Gasteiger partial charge on any atom is 0.148 e. The molecule has 0 saturated heterocycles. The molecule has 19 heavy (non-hydrogen) atoms. The molecule has 3 nitrogen and oxygen atoms in total. The van der Waals surface area contributed by atoms with Crippen molar-refractivity contribution in [2.75, 3.05) is 19.0 Å². The zero-order valence-electron chi connectivity index (χ0n) is 11.4. The minimum absolute atomic E-state index is 0.450. The maximum absolute atomic E-state index is 6.00. The van der Waals surface area contributed by atoms with Crippen LogP contribution in [0.5, 0.6) is 5.75 Å². The molecule has 0 aliphatic carbocycles. The fourth-order valence-corrected chi connectivity index (χ4v) is 2.22. The van der Waals surface area contributed by atoms with Crippen LogP contribution in [0.1, 0.15) is 11.3 Å². The molecule has 100 valence electrons. The number of hydrogen-bond acceptors (Lipinski definition) is 3. The van der Waals surface area contributed by atoms with E-state index in [1.54, 1.807) is 6.07 Å². The Bertz CT molecular complexity index is 556. The topological polar surface area (TPSA) is 25.4 Å². The van der Waals surface area contributed by atoms with Crippen LogP contribution in [0.4, 0.5) is 5.69 Å². The number of benzene rings is 1. The first-order valence-corrected chi connectivity index (χ1v) is 6.47. The van der Waals surface area contributed by atoms with Gasteiger partial charge in [0, 0.05) is 20.2 Å². The first-order valence-electron chi connectivity index (χ1n) is 6.09. The molecule has 2 aromatic rings. The Morgan fingerprint density at radius 2 is 1.89 bits per heavy atom. The summed E-state index contributed by atoms with van der Waals surface area (Å²) in [5.74, 6) is 0.756. The first kappa shape index (κ1) is 13.7. The van der Waals surface area contributed by atoms with Crippen LogP contribution in [0.3, 0.4) is 0 Å². The van der Waals surface area contributed by atoms with Crippen molar-refractivity contribution < 1.29 is 4.74 Å². The number of aryl methyl sites for hydroxylation is 1. The monoisotopic (exact) mass is 276 g/mol. The third-order valence-corrected chi connectivity index (χ3v) is 2.98. The Hall–Kier alpha value is -1.74. The minimum atomic E-state index is 0.450. The van der Waals surface area contributed by atoms with Gasteiger partial charge in [-0.05, 0) is 12.5 Å². The lowest BCUT2D eigenvalue weighted by Crippen LogP contribution is -2.13. The van der Waals surface area contributed by atoms with Crippen LogP contribution in [-0.2, 0) is 6.61 Å². The van der Waals surface area contributed by atoms with Gasteiger partial charge in [0.15, 0.2) is 0 Å². The predicted octanol–water partition coefficient (Wildman–Crippen LogP) is 3.69. The van der Waals surface area contributed by atoms with Crippen molar-refractivity contribution in [1.82, 2.24) is 4.98 Å². The molecule has 0 aliphatic rings. The van der Waals surface area contributed by atoms with Crippen molar-refractivity contribution in [2.24, 2.45) is 0 Å². The van der Waals surface area contributed by atoms with Crippen LogP contribution in [-0.4, -0.2) is 19.1 Å². The zero-order chi connectivity index (χ0) is 13.8. The number of anilines is 1. The average molecular weight is 277 g/mol.